The molecule has 3 N–H and O–H groups in total. The van der Waals surface area contributed by atoms with Crippen LogP contribution in [0.2, 0.25) is 0 Å². The van der Waals surface area contributed by atoms with E-state index in [0.29, 0.717) is 0 Å². The van der Waals surface area contributed by atoms with E-state index in [1.807, 2.05) is 18.2 Å². The molecule has 1 unspecified atom stereocenters. The van der Waals surface area contributed by atoms with E-state index in [0.717, 1.165) is 24.3 Å². The highest BCUT2D eigenvalue weighted by Gasteiger charge is 2.23. The predicted octanol–water partition coefficient (Wildman–Crippen LogP) is 0.907. The third-order valence-corrected chi connectivity index (χ3v) is 2.70. The molecule has 1 aromatic carbocycles. The molecular weight excluding hydrogens is 192 g/mol. The molecule has 1 atom stereocenters. The van der Waals surface area contributed by atoms with E-state index in [1.54, 1.807) is 7.11 Å². The van der Waals surface area contributed by atoms with E-state index in [-0.39, 0.29) is 11.9 Å². The minimum atomic E-state index is -0.313. The number of carbonyl (C=O) groups is 1. The van der Waals surface area contributed by atoms with Crippen LogP contribution in [0.4, 0.5) is 5.69 Å². The molecule has 1 aliphatic rings. The van der Waals surface area contributed by atoms with E-state index >= 15 is 0 Å². The molecule has 0 saturated carbocycles. The number of amides is 1. The second-order valence-corrected chi connectivity index (χ2v) is 3.63. The Labute approximate surface area is 88.4 Å². The van der Waals surface area contributed by atoms with Crippen molar-refractivity contribution in [2.75, 3.05) is 12.4 Å². The van der Waals surface area contributed by atoms with Crippen LogP contribution >= 0.6 is 0 Å². The Morgan fingerprint density at radius 2 is 2.40 bits per heavy atom. The second kappa shape index (κ2) is 3.81. The van der Waals surface area contributed by atoms with Crippen LogP contribution in [0.5, 0.6) is 5.75 Å². The van der Waals surface area contributed by atoms with Gasteiger partial charge in [0.25, 0.3) is 0 Å². The van der Waals surface area contributed by atoms with Crippen molar-refractivity contribution in [3.05, 3.63) is 23.8 Å². The minimum Gasteiger partial charge on any atom is -0.495 e. The van der Waals surface area contributed by atoms with Gasteiger partial charge >= 0.3 is 0 Å². The Bertz CT molecular complexity index is 376. The number of ether oxygens (including phenoxy) is 1. The van der Waals surface area contributed by atoms with Crippen LogP contribution in [0.1, 0.15) is 12.0 Å². The van der Waals surface area contributed by atoms with Crippen LogP contribution in [0.3, 0.4) is 0 Å². The normalized spacial score (nSPS) is 18.9. The second-order valence-electron chi connectivity index (χ2n) is 3.63. The number of benzene rings is 1. The largest absolute Gasteiger partial charge is 0.495 e. The molecule has 0 aromatic heterocycles. The molecule has 0 fully saturated rings. The van der Waals surface area contributed by atoms with Crippen LogP contribution in [0.25, 0.3) is 0 Å². The van der Waals surface area contributed by atoms with Crippen LogP contribution in [0, 0.1) is 0 Å². The Kier molecular flexibility index (Phi) is 2.49. The molecule has 0 saturated heterocycles. The van der Waals surface area contributed by atoms with Crippen molar-refractivity contribution >= 4 is 11.6 Å². The van der Waals surface area contributed by atoms with E-state index < -0.39 is 0 Å². The van der Waals surface area contributed by atoms with E-state index in [9.17, 15) is 4.79 Å². The summed E-state index contributed by atoms with van der Waals surface area (Å²) in [5, 5.41) is 3.12. The van der Waals surface area contributed by atoms with Gasteiger partial charge in [0.05, 0.1) is 12.8 Å². The fourth-order valence-electron chi connectivity index (χ4n) is 1.88. The van der Waals surface area contributed by atoms with Gasteiger partial charge in [-0.25, -0.2) is 0 Å². The number of anilines is 1. The smallest absolute Gasteiger partial charge is 0.239 e. The molecule has 80 valence electrons. The highest BCUT2D eigenvalue weighted by molar-refractivity contribution is 5.85. The van der Waals surface area contributed by atoms with Crippen LogP contribution in [0.15, 0.2) is 18.2 Å². The molecule has 0 aliphatic carbocycles. The summed E-state index contributed by atoms with van der Waals surface area (Å²) in [4.78, 5) is 11.1. The molecule has 4 heteroatoms. The number of rotatable bonds is 2. The molecule has 0 bridgehead atoms. The summed E-state index contributed by atoms with van der Waals surface area (Å²) < 4.78 is 5.23. The number of fused-ring (bicyclic) bond motifs is 1. The zero-order valence-corrected chi connectivity index (χ0v) is 8.62. The molecule has 0 radical (unpaired) electrons. The van der Waals surface area contributed by atoms with Crippen molar-refractivity contribution in [1.29, 1.82) is 0 Å². The number of carbonyl (C=O) groups excluding carboxylic acids is 1. The van der Waals surface area contributed by atoms with Crippen molar-refractivity contribution in [1.82, 2.24) is 0 Å². The van der Waals surface area contributed by atoms with Crippen LogP contribution in [-0.2, 0) is 11.2 Å². The summed E-state index contributed by atoms with van der Waals surface area (Å²) in [5.41, 5.74) is 7.34. The number of hydrogen-bond acceptors (Lipinski definition) is 3. The Morgan fingerprint density at radius 1 is 1.60 bits per heavy atom. The molecule has 4 nitrogen and oxygen atoms in total. The molecule has 0 spiro atoms. The van der Waals surface area contributed by atoms with Crippen molar-refractivity contribution in [3.8, 4) is 5.75 Å². The lowest BCUT2D eigenvalue weighted by Crippen LogP contribution is -2.38. The van der Waals surface area contributed by atoms with Crippen LogP contribution < -0.4 is 15.8 Å². The van der Waals surface area contributed by atoms with E-state index in [2.05, 4.69) is 5.32 Å². The third-order valence-electron chi connectivity index (χ3n) is 2.70. The Hall–Kier alpha value is -1.71. The highest BCUT2D eigenvalue weighted by Crippen LogP contribution is 2.33. The molecule has 2 rings (SSSR count). The average molecular weight is 206 g/mol. The minimum absolute atomic E-state index is 0.284. The number of primary amides is 1. The lowest BCUT2D eigenvalue weighted by Gasteiger charge is -2.26. The standard InChI is InChI=1S/C11H14N2O2/c1-15-9-4-2-3-7-5-6-8(11(12)14)13-10(7)9/h2-4,8,13H,5-6H2,1H3,(H2,12,14). The lowest BCUT2D eigenvalue weighted by atomic mass is 9.97. The molecular formula is C11H14N2O2. The first kappa shape index (κ1) is 9.83. The van der Waals surface area contributed by atoms with E-state index in [4.69, 9.17) is 10.5 Å². The van der Waals surface area contributed by atoms with Gasteiger partial charge in [-0.3, -0.25) is 4.79 Å². The molecule has 1 aliphatic heterocycles. The number of aryl methyl sites for hydroxylation is 1. The number of nitrogens with two attached hydrogens (primary N) is 1. The summed E-state index contributed by atoms with van der Waals surface area (Å²) in [6, 6.07) is 5.56. The highest BCUT2D eigenvalue weighted by atomic mass is 16.5. The first-order chi connectivity index (χ1) is 7.22. The Morgan fingerprint density at radius 3 is 3.07 bits per heavy atom. The first-order valence-corrected chi connectivity index (χ1v) is 4.94. The van der Waals surface area contributed by atoms with Gasteiger partial charge in [0.15, 0.2) is 0 Å². The number of methoxy groups -OCH3 is 1. The fraction of sp³-hybridized carbons (Fsp3) is 0.364. The van der Waals surface area contributed by atoms with Gasteiger partial charge in [-0.15, -0.1) is 0 Å². The maximum Gasteiger partial charge on any atom is 0.239 e. The zero-order chi connectivity index (χ0) is 10.8. The summed E-state index contributed by atoms with van der Waals surface area (Å²) in [6.45, 7) is 0. The average Bonchev–Trinajstić information content (AvgIpc) is 2.27. The van der Waals surface area contributed by atoms with Gasteiger partial charge in [0, 0.05) is 0 Å². The number of nitrogens with one attached hydrogen (secondary N) is 1. The van der Waals surface area contributed by atoms with Crippen molar-refractivity contribution in [2.24, 2.45) is 5.73 Å². The monoisotopic (exact) mass is 206 g/mol. The van der Waals surface area contributed by atoms with Gasteiger partial charge in [0.1, 0.15) is 11.8 Å². The van der Waals surface area contributed by atoms with Gasteiger partial charge in [-0.05, 0) is 24.5 Å². The van der Waals surface area contributed by atoms with E-state index in [1.165, 1.54) is 5.56 Å². The summed E-state index contributed by atoms with van der Waals surface area (Å²) in [6.07, 6.45) is 1.60. The summed E-state index contributed by atoms with van der Waals surface area (Å²) in [5.74, 6) is 0.449. The van der Waals surface area contributed by atoms with Gasteiger partial charge in [-0.1, -0.05) is 12.1 Å². The van der Waals surface area contributed by atoms with Crippen molar-refractivity contribution < 1.29 is 9.53 Å². The maximum atomic E-state index is 11.1. The molecule has 15 heavy (non-hydrogen) atoms. The van der Waals surface area contributed by atoms with Crippen LogP contribution in [-0.4, -0.2) is 19.1 Å². The Balaban J connectivity index is 2.34. The maximum absolute atomic E-state index is 11.1. The molecule has 1 amide bonds. The molecule has 1 heterocycles. The van der Waals surface area contributed by atoms with Crippen molar-refractivity contribution in [2.45, 2.75) is 18.9 Å². The summed E-state index contributed by atoms with van der Waals surface area (Å²) >= 11 is 0. The number of hydrogen-bond donors (Lipinski definition) is 2. The summed E-state index contributed by atoms with van der Waals surface area (Å²) in [7, 11) is 1.62. The topological polar surface area (TPSA) is 64.3 Å². The zero-order valence-electron chi connectivity index (χ0n) is 8.62. The number of para-hydroxylation sites is 1. The lowest BCUT2D eigenvalue weighted by molar-refractivity contribution is -0.118. The van der Waals surface area contributed by atoms with Crippen molar-refractivity contribution in [3.63, 3.8) is 0 Å². The third kappa shape index (κ3) is 1.75. The SMILES string of the molecule is COc1cccc2c1NC(C(N)=O)CC2. The first-order valence-electron chi connectivity index (χ1n) is 4.94. The predicted molar refractivity (Wildman–Crippen MR) is 57.9 cm³/mol. The quantitative estimate of drug-likeness (QED) is 0.755. The molecule has 1 aromatic rings. The van der Waals surface area contributed by atoms with Gasteiger partial charge in [0.2, 0.25) is 5.91 Å². The van der Waals surface area contributed by atoms with Gasteiger partial charge < -0.3 is 15.8 Å². The van der Waals surface area contributed by atoms with Gasteiger partial charge in [-0.2, -0.15) is 0 Å². The fourth-order valence-corrected chi connectivity index (χ4v) is 1.88.